The lowest BCUT2D eigenvalue weighted by molar-refractivity contribution is 0.265. The average molecular weight is 373 g/mol. The Labute approximate surface area is 111 Å². The van der Waals surface area contributed by atoms with Gasteiger partial charge in [-0.2, -0.15) is 0 Å². The summed E-state index contributed by atoms with van der Waals surface area (Å²) in [4.78, 5) is 0.149. The van der Waals surface area contributed by atoms with Gasteiger partial charge in [-0.25, -0.2) is 13.1 Å². The van der Waals surface area contributed by atoms with E-state index in [-0.39, 0.29) is 11.5 Å². The molecule has 0 heterocycles. The average Bonchev–Trinajstić information content (AvgIpc) is 2.16. The molecule has 0 aliphatic carbocycles. The number of hydrogen-bond donors (Lipinski definition) is 2. The second-order valence-electron chi connectivity index (χ2n) is 3.28. The van der Waals surface area contributed by atoms with E-state index < -0.39 is 16.1 Å². The van der Waals surface area contributed by atoms with Crippen LogP contribution in [0.4, 0.5) is 0 Å². The van der Waals surface area contributed by atoms with Crippen molar-refractivity contribution in [3.8, 4) is 0 Å². The van der Waals surface area contributed by atoms with Crippen molar-refractivity contribution in [3.05, 3.63) is 27.1 Å². The topological polar surface area (TPSA) is 66.4 Å². The zero-order valence-corrected chi connectivity index (χ0v) is 12.4. The van der Waals surface area contributed by atoms with Crippen LogP contribution in [-0.2, 0) is 10.0 Å². The Bertz CT molecular complexity index is 476. The highest BCUT2D eigenvalue weighted by atomic mass is 79.9. The van der Waals surface area contributed by atoms with Crippen LogP contribution in [-0.4, -0.2) is 26.2 Å². The van der Waals surface area contributed by atoms with Crippen LogP contribution >= 0.6 is 31.9 Å². The quantitative estimate of drug-likeness (QED) is 0.847. The highest BCUT2D eigenvalue weighted by molar-refractivity contribution is 9.11. The van der Waals surface area contributed by atoms with Gasteiger partial charge >= 0.3 is 0 Å². The number of halogens is 2. The molecule has 16 heavy (non-hydrogen) atoms. The number of aliphatic hydroxyl groups excluding tert-OH is 1. The van der Waals surface area contributed by atoms with Gasteiger partial charge in [0.25, 0.3) is 0 Å². The van der Waals surface area contributed by atoms with Crippen LogP contribution < -0.4 is 4.72 Å². The fourth-order valence-corrected chi connectivity index (χ4v) is 4.04. The second kappa shape index (κ2) is 5.59. The summed E-state index contributed by atoms with van der Waals surface area (Å²) in [5, 5.41) is 8.81. The molecule has 0 bridgehead atoms. The number of nitrogens with one attached hydrogen (secondary N) is 1. The number of hydrogen-bond acceptors (Lipinski definition) is 3. The van der Waals surface area contributed by atoms with E-state index in [1.165, 1.54) is 6.07 Å². The first-order valence-electron chi connectivity index (χ1n) is 4.45. The Kier molecular flexibility index (Phi) is 4.93. The van der Waals surface area contributed by atoms with Gasteiger partial charge in [-0.05, 0) is 41.1 Å². The van der Waals surface area contributed by atoms with Gasteiger partial charge in [-0.1, -0.05) is 15.9 Å². The molecule has 2 N–H and O–H groups in total. The summed E-state index contributed by atoms with van der Waals surface area (Å²) in [6, 6.07) is 4.27. The molecule has 0 aromatic heterocycles. The molecule has 4 nitrogen and oxygen atoms in total. The van der Waals surface area contributed by atoms with Crippen LogP contribution in [0.15, 0.2) is 32.0 Å². The van der Waals surface area contributed by atoms with Crippen molar-refractivity contribution >= 4 is 41.9 Å². The summed E-state index contributed by atoms with van der Waals surface area (Å²) in [5.41, 5.74) is 0. The minimum atomic E-state index is -3.60. The maximum Gasteiger partial charge on any atom is 0.242 e. The molecule has 0 radical (unpaired) electrons. The molecule has 0 aliphatic heterocycles. The minimum absolute atomic E-state index is 0.149. The Morgan fingerprint density at radius 2 is 2.06 bits per heavy atom. The van der Waals surface area contributed by atoms with Crippen molar-refractivity contribution in [2.45, 2.75) is 17.9 Å². The molecule has 0 saturated carbocycles. The molecular weight excluding hydrogens is 362 g/mol. The van der Waals surface area contributed by atoms with E-state index in [1.807, 2.05) is 0 Å². The molecule has 0 spiro atoms. The van der Waals surface area contributed by atoms with Gasteiger partial charge < -0.3 is 5.11 Å². The molecule has 90 valence electrons. The van der Waals surface area contributed by atoms with Gasteiger partial charge in [0.2, 0.25) is 10.0 Å². The zero-order valence-electron chi connectivity index (χ0n) is 8.44. The van der Waals surface area contributed by atoms with Gasteiger partial charge in [-0.15, -0.1) is 0 Å². The Morgan fingerprint density at radius 3 is 2.56 bits per heavy atom. The van der Waals surface area contributed by atoms with Crippen molar-refractivity contribution in [2.24, 2.45) is 0 Å². The lowest BCUT2D eigenvalue weighted by Gasteiger charge is -2.12. The number of benzene rings is 1. The van der Waals surface area contributed by atoms with E-state index in [2.05, 4.69) is 36.6 Å². The van der Waals surface area contributed by atoms with Crippen molar-refractivity contribution in [1.29, 1.82) is 0 Å². The predicted octanol–water partition coefficient (Wildman–Crippen LogP) is 1.87. The first-order valence-corrected chi connectivity index (χ1v) is 7.52. The van der Waals surface area contributed by atoms with Gasteiger partial charge in [0.1, 0.15) is 0 Å². The molecule has 0 saturated heterocycles. The third kappa shape index (κ3) is 3.53. The first-order chi connectivity index (χ1) is 7.36. The molecular formula is C9H11Br2NO3S. The normalized spacial score (nSPS) is 13.8. The van der Waals surface area contributed by atoms with E-state index in [4.69, 9.17) is 5.11 Å². The number of aliphatic hydroxyl groups is 1. The van der Waals surface area contributed by atoms with E-state index in [0.29, 0.717) is 4.47 Å². The molecule has 0 fully saturated rings. The molecule has 0 unspecified atom stereocenters. The minimum Gasteiger partial charge on any atom is -0.395 e. The fourth-order valence-electron chi connectivity index (χ4n) is 1.06. The summed E-state index contributed by atoms with van der Waals surface area (Å²) in [5.74, 6) is 0. The van der Waals surface area contributed by atoms with E-state index in [9.17, 15) is 8.42 Å². The number of rotatable bonds is 4. The third-order valence-electron chi connectivity index (χ3n) is 1.81. The molecule has 1 atom stereocenters. The first kappa shape index (κ1) is 14.1. The van der Waals surface area contributed by atoms with Crippen LogP contribution in [0.2, 0.25) is 0 Å². The Morgan fingerprint density at radius 1 is 1.44 bits per heavy atom. The lowest BCUT2D eigenvalue weighted by atomic mass is 10.4. The summed E-state index contributed by atoms with van der Waals surface area (Å²) < 4.78 is 27.3. The third-order valence-corrected chi connectivity index (χ3v) is 4.87. The summed E-state index contributed by atoms with van der Waals surface area (Å²) in [6.45, 7) is 1.34. The van der Waals surface area contributed by atoms with Crippen molar-refractivity contribution in [3.63, 3.8) is 0 Å². The van der Waals surface area contributed by atoms with E-state index >= 15 is 0 Å². The SMILES string of the molecule is C[C@H](CO)NS(=O)(=O)c1ccc(Br)cc1Br. The molecule has 1 aromatic rings. The van der Waals surface area contributed by atoms with Crippen molar-refractivity contribution < 1.29 is 13.5 Å². The van der Waals surface area contributed by atoms with Crippen LogP contribution in [0.3, 0.4) is 0 Å². The summed E-state index contributed by atoms with van der Waals surface area (Å²) in [6.07, 6.45) is 0. The van der Waals surface area contributed by atoms with Gasteiger partial charge in [-0.3, -0.25) is 0 Å². The molecule has 0 aliphatic rings. The standard InChI is InChI=1S/C9H11Br2NO3S/c1-6(5-13)12-16(14,15)9-3-2-7(10)4-8(9)11/h2-4,6,12-13H,5H2,1H3/t6-/m1/s1. The Balaban J connectivity index is 3.08. The monoisotopic (exact) mass is 371 g/mol. The van der Waals surface area contributed by atoms with Gasteiger partial charge in [0.05, 0.1) is 11.5 Å². The smallest absolute Gasteiger partial charge is 0.242 e. The van der Waals surface area contributed by atoms with Crippen LogP contribution in [0.5, 0.6) is 0 Å². The highest BCUT2D eigenvalue weighted by Crippen LogP contribution is 2.25. The van der Waals surface area contributed by atoms with Crippen molar-refractivity contribution in [2.75, 3.05) is 6.61 Å². The van der Waals surface area contributed by atoms with E-state index in [0.717, 1.165) is 4.47 Å². The second-order valence-corrected chi connectivity index (χ2v) is 6.73. The Hall–Kier alpha value is 0.0500. The summed E-state index contributed by atoms with van der Waals surface area (Å²) >= 11 is 6.43. The molecule has 0 amide bonds. The van der Waals surface area contributed by atoms with E-state index in [1.54, 1.807) is 19.1 Å². The van der Waals surface area contributed by atoms with Crippen LogP contribution in [0.25, 0.3) is 0 Å². The molecule has 1 rings (SSSR count). The highest BCUT2D eigenvalue weighted by Gasteiger charge is 2.19. The largest absolute Gasteiger partial charge is 0.395 e. The van der Waals surface area contributed by atoms with Crippen molar-refractivity contribution in [1.82, 2.24) is 4.72 Å². The fraction of sp³-hybridized carbons (Fsp3) is 0.333. The number of sulfonamides is 1. The molecule has 1 aromatic carbocycles. The summed E-state index contributed by atoms with van der Waals surface area (Å²) in [7, 11) is -3.60. The molecule has 7 heteroatoms. The van der Waals surface area contributed by atoms with Crippen LogP contribution in [0, 0.1) is 0 Å². The van der Waals surface area contributed by atoms with Gasteiger partial charge in [0, 0.05) is 15.0 Å². The van der Waals surface area contributed by atoms with Gasteiger partial charge in [0.15, 0.2) is 0 Å². The maximum atomic E-state index is 11.9. The maximum absolute atomic E-state index is 11.9. The zero-order chi connectivity index (χ0) is 12.3. The lowest BCUT2D eigenvalue weighted by Crippen LogP contribution is -2.35. The van der Waals surface area contributed by atoms with Crippen LogP contribution in [0.1, 0.15) is 6.92 Å². The predicted molar refractivity (Wildman–Crippen MR) is 68.7 cm³/mol.